The van der Waals surface area contributed by atoms with Crippen molar-refractivity contribution in [3.05, 3.63) is 58.3 Å². The van der Waals surface area contributed by atoms with Crippen LogP contribution >= 0.6 is 0 Å². The highest BCUT2D eigenvalue weighted by Gasteiger charge is 2.37. The third-order valence-electron chi connectivity index (χ3n) is 5.07. The fourth-order valence-corrected chi connectivity index (χ4v) is 3.72. The fourth-order valence-electron chi connectivity index (χ4n) is 3.72. The number of nitro groups is 1. The van der Waals surface area contributed by atoms with Crippen LogP contribution in [-0.2, 0) is 6.18 Å². The van der Waals surface area contributed by atoms with Crippen LogP contribution in [0.25, 0.3) is 10.9 Å². The van der Waals surface area contributed by atoms with Gasteiger partial charge in [-0.15, -0.1) is 0 Å². The number of rotatable bonds is 4. The summed E-state index contributed by atoms with van der Waals surface area (Å²) in [5.74, 6) is 0. The predicted molar refractivity (Wildman–Crippen MR) is 103 cm³/mol. The van der Waals surface area contributed by atoms with Crippen LogP contribution in [0, 0.1) is 10.1 Å². The van der Waals surface area contributed by atoms with Gasteiger partial charge in [0.2, 0.25) is 0 Å². The average molecular weight is 405 g/mol. The van der Waals surface area contributed by atoms with Crippen LogP contribution in [0.1, 0.15) is 18.4 Å². The monoisotopic (exact) mass is 405 g/mol. The number of aromatic nitrogens is 2. The van der Waals surface area contributed by atoms with Crippen molar-refractivity contribution in [3.8, 4) is 0 Å². The minimum Gasteiger partial charge on any atom is -0.381 e. The van der Waals surface area contributed by atoms with Crippen molar-refractivity contribution >= 4 is 28.0 Å². The molecule has 1 aliphatic rings. The van der Waals surface area contributed by atoms with Crippen molar-refractivity contribution in [2.45, 2.75) is 25.1 Å². The van der Waals surface area contributed by atoms with E-state index in [2.05, 4.69) is 15.5 Å². The first kappa shape index (κ1) is 19.0. The van der Waals surface area contributed by atoms with E-state index < -0.39 is 22.4 Å². The maximum Gasteiger partial charge on any atom is 0.418 e. The molecule has 3 aromatic rings. The van der Waals surface area contributed by atoms with Gasteiger partial charge in [0.05, 0.1) is 22.2 Å². The third kappa shape index (κ3) is 3.96. The standard InChI is InChI=1S/C19H18F3N5O2/c20-19(21,22)16-9-15(27(28)29)4-6-18(16)26-7-1-2-14(11-26)24-13-3-5-17-12(8-13)10-23-25-17/h3-6,8-10,14,24H,1-2,7,11H2,(H,23,25). The molecule has 1 aliphatic heterocycles. The number of fused-ring (bicyclic) bond motifs is 1. The molecular formula is C19H18F3N5O2. The van der Waals surface area contributed by atoms with Crippen molar-refractivity contribution in [2.24, 2.45) is 0 Å². The highest BCUT2D eigenvalue weighted by atomic mass is 19.4. The first-order valence-corrected chi connectivity index (χ1v) is 9.11. The van der Waals surface area contributed by atoms with E-state index in [9.17, 15) is 23.3 Å². The van der Waals surface area contributed by atoms with Gasteiger partial charge in [-0.1, -0.05) is 0 Å². The van der Waals surface area contributed by atoms with Gasteiger partial charge in [-0.05, 0) is 37.1 Å². The van der Waals surface area contributed by atoms with Gasteiger partial charge >= 0.3 is 6.18 Å². The number of non-ortho nitro benzene ring substituents is 1. The van der Waals surface area contributed by atoms with Gasteiger partial charge in [-0.2, -0.15) is 18.3 Å². The number of hydrogen-bond acceptors (Lipinski definition) is 5. The summed E-state index contributed by atoms with van der Waals surface area (Å²) in [5.41, 5.74) is 0.195. The van der Waals surface area contributed by atoms with Gasteiger partial charge in [0.15, 0.2) is 0 Å². The molecular weight excluding hydrogens is 387 g/mol. The summed E-state index contributed by atoms with van der Waals surface area (Å²) in [6.45, 7) is 0.824. The molecule has 1 fully saturated rings. The highest BCUT2D eigenvalue weighted by Crippen LogP contribution is 2.39. The Kier molecular flexibility index (Phi) is 4.77. The minimum atomic E-state index is -4.67. The van der Waals surface area contributed by atoms with Crippen molar-refractivity contribution in [1.29, 1.82) is 0 Å². The van der Waals surface area contributed by atoms with Gasteiger partial charge in [0.1, 0.15) is 0 Å². The molecule has 29 heavy (non-hydrogen) atoms. The Labute approximate surface area is 163 Å². The van der Waals surface area contributed by atoms with Crippen molar-refractivity contribution < 1.29 is 18.1 Å². The maximum atomic E-state index is 13.5. The van der Waals surface area contributed by atoms with E-state index in [1.165, 1.54) is 6.07 Å². The van der Waals surface area contributed by atoms with Crippen LogP contribution < -0.4 is 10.2 Å². The molecule has 1 aromatic heterocycles. The van der Waals surface area contributed by atoms with Crippen LogP contribution in [0.4, 0.5) is 30.2 Å². The Morgan fingerprint density at radius 2 is 2.07 bits per heavy atom. The number of nitrogens with zero attached hydrogens (tertiary/aromatic N) is 3. The molecule has 0 aliphatic carbocycles. The Bertz CT molecular complexity index is 1050. The molecule has 10 heteroatoms. The lowest BCUT2D eigenvalue weighted by molar-refractivity contribution is -0.385. The van der Waals surface area contributed by atoms with E-state index in [1.807, 2.05) is 18.2 Å². The lowest BCUT2D eigenvalue weighted by Gasteiger charge is -2.36. The van der Waals surface area contributed by atoms with Gasteiger partial charge in [-0.3, -0.25) is 15.2 Å². The number of hydrogen-bond donors (Lipinski definition) is 2. The van der Waals surface area contributed by atoms with Crippen LogP contribution in [0.3, 0.4) is 0 Å². The summed E-state index contributed by atoms with van der Waals surface area (Å²) in [6.07, 6.45) is -1.44. The second kappa shape index (κ2) is 7.26. The second-order valence-corrected chi connectivity index (χ2v) is 7.06. The van der Waals surface area contributed by atoms with E-state index in [0.717, 1.165) is 29.1 Å². The van der Waals surface area contributed by atoms with Crippen LogP contribution in [-0.4, -0.2) is 34.3 Å². The summed E-state index contributed by atoms with van der Waals surface area (Å²) >= 11 is 0. The van der Waals surface area contributed by atoms with Gasteiger partial charge in [0, 0.05) is 48.0 Å². The Hall–Kier alpha value is -3.30. The number of alkyl halides is 3. The number of anilines is 2. The first-order valence-electron chi connectivity index (χ1n) is 9.11. The SMILES string of the molecule is O=[N+]([O-])c1ccc(N2CCCC(Nc3ccc4[nH]ncc4c3)C2)c(C(F)(F)F)c1. The summed E-state index contributed by atoms with van der Waals surface area (Å²) < 4.78 is 40.6. The van der Waals surface area contributed by atoms with Crippen LogP contribution in [0.5, 0.6) is 0 Å². The molecule has 1 saturated heterocycles. The Balaban J connectivity index is 1.57. The van der Waals surface area contributed by atoms with E-state index in [0.29, 0.717) is 25.6 Å². The Morgan fingerprint density at radius 1 is 1.24 bits per heavy atom. The summed E-state index contributed by atoms with van der Waals surface area (Å²) in [4.78, 5) is 11.7. The zero-order valence-corrected chi connectivity index (χ0v) is 15.2. The minimum absolute atomic E-state index is 0.0279. The lowest BCUT2D eigenvalue weighted by atomic mass is 10.0. The topological polar surface area (TPSA) is 87.1 Å². The molecule has 0 saturated carbocycles. The van der Waals surface area contributed by atoms with Crippen molar-refractivity contribution in [2.75, 3.05) is 23.3 Å². The number of aromatic amines is 1. The molecule has 7 nitrogen and oxygen atoms in total. The van der Waals surface area contributed by atoms with Gasteiger partial charge in [0.25, 0.3) is 5.69 Å². The first-order chi connectivity index (χ1) is 13.8. The molecule has 0 bridgehead atoms. The zero-order chi connectivity index (χ0) is 20.6. The molecule has 2 aromatic carbocycles. The number of piperidine rings is 1. The largest absolute Gasteiger partial charge is 0.418 e. The van der Waals surface area contributed by atoms with E-state index in [1.54, 1.807) is 11.1 Å². The molecule has 0 radical (unpaired) electrons. The third-order valence-corrected chi connectivity index (χ3v) is 5.07. The van der Waals surface area contributed by atoms with E-state index >= 15 is 0 Å². The van der Waals surface area contributed by atoms with E-state index in [4.69, 9.17) is 0 Å². The quantitative estimate of drug-likeness (QED) is 0.490. The number of H-pyrrole nitrogens is 1. The number of nitrogens with one attached hydrogen (secondary N) is 2. The number of halogens is 3. The van der Waals surface area contributed by atoms with Crippen molar-refractivity contribution in [3.63, 3.8) is 0 Å². The normalized spacial score (nSPS) is 17.5. The van der Waals surface area contributed by atoms with Gasteiger partial charge < -0.3 is 10.2 Å². The smallest absolute Gasteiger partial charge is 0.381 e. The van der Waals surface area contributed by atoms with E-state index in [-0.39, 0.29) is 11.7 Å². The number of benzene rings is 2. The molecule has 1 atom stereocenters. The maximum absolute atomic E-state index is 13.5. The van der Waals surface area contributed by atoms with Crippen LogP contribution in [0.2, 0.25) is 0 Å². The average Bonchev–Trinajstić information content (AvgIpc) is 3.15. The summed E-state index contributed by atoms with van der Waals surface area (Å²) in [6, 6.07) is 8.60. The van der Waals surface area contributed by atoms with Crippen LogP contribution in [0.15, 0.2) is 42.6 Å². The summed E-state index contributed by atoms with van der Waals surface area (Å²) in [7, 11) is 0. The molecule has 4 rings (SSSR count). The fraction of sp³-hybridized carbons (Fsp3) is 0.316. The predicted octanol–water partition coefficient (Wildman–Crippen LogP) is 4.57. The molecule has 2 N–H and O–H groups in total. The zero-order valence-electron chi connectivity index (χ0n) is 15.2. The lowest BCUT2D eigenvalue weighted by Crippen LogP contribution is -2.42. The number of nitro benzene ring substituents is 1. The van der Waals surface area contributed by atoms with Crippen molar-refractivity contribution in [1.82, 2.24) is 10.2 Å². The molecule has 1 unspecified atom stereocenters. The molecule has 0 amide bonds. The second-order valence-electron chi connectivity index (χ2n) is 7.06. The highest BCUT2D eigenvalue weighted by molar-refractivity contribution is 5.81. The summed E-state index contributed by atoms with van der Waals surface area (Å²) in [5, 5.41) is 22.1. The molecule has 0 spiro atoms. The van der Waals surface area contributed by atoms with Gasteiger partial charge in [-0.25, -0.2) is 0 Å². The molecule has 2 heterocycles. The molecule has 152 valence electrons. The Morgan fingerprint density at radius 3 is 2.83 bits per heavy atom.